The molecule has 122 valence electrons. The summed E-state index contributed by atoms with van der Waals surface area (Å²) in [4.78, 5) is 22.0. The molecular weight excluding hydrogens is 304 g/mol. The van der Waals surface area contributed by atoms with E-state index in [-0.39, 0.29) is 6.61 Å². The molecule has 0 radical (unpaired) electrons. The molecule has 22 heavy (non-hydrogen) atoms. The highest BCUT2D eigenvalue weighted by Gasteiger charge is 2.10. The van der Waals surface area contributed by atoms with Crippen molar-refractivity contribution in [1.82, 2.24) is 5.32 Å². The first-order valence-electron chi connectivity index (χ1n) is 7.10. The quantitative estimate of drug-likeness (QED) is 0.567. The molecule has 0 bridgehead atoms. The van der Waals surface area contributed by atoms with E-state index in [1.807, 2.05) is 30.3 Å². The van der Waals surface area contributed by atoms with Gasteiger partial charge in [0.15, 0.2) is 0 Å². The average molecular weight is 326 g/mol. The van der Waals surface area contributed by atoms with Crippen LogP contribution in [0, 0.1) is 0 Å². The number of carboxylic acids is 1. The van der Waals surface area contributed by atoms with Crippen molar-refractivity contribution in [2.24, 2.45) is 5.73 Å². The van der Waals surface area contributed by atoms with Gasteiger partial charge in [0.1, 0.15) is 12.6 Å². The lowest BCUT2D eigenvalue weighted by atomic mass is 10.2. The van der Waals surface area contributed by atoms with Gasteiger partial charge in [0.2, 0.25) is 0 Å². The Morgan fingerprint density at radius 3 is 2.68 bits per heavy atom. The minimum Gasteiger partial charge on any atom is -0.480 e. The summed E-state index contributed by atoms with van der Waals surface area (Å²) in [5.74, 6) is 0.570. The zero-order valence-corrected chi connectivity index (χ0v) is 13.2. The predicted molar refractivity (Wildman–Crippen MR) is 86.8 cm³/mol. The number of alkyl carbamates (subject to hydrolysis) is 1. The number of nitrogens with one attached hydrogen (secondary N) is 1. The average Bonchev–Trinajstić information content (AvgIpc) is 2.52. The molecule has 1 atom stereocenters. The smallest absolute Gasteiger partial charge is 0.407 e. The van der Waals surface area contributed by atoms with Gasteiger partial charge in [-0.25, -0.2) is 4.79 Å². The normalized spacial score (nSPS) is 11.7. The Balaban J connectivity index is 1.96. The molecule has 0 unspecified atom stereocenters. The van der Waals surface area contributed by atoms with Crippen molar-refractivity contribution in [3.05, 3.63) is 35.9 Å². The third-order valence-electron chi connectivity index (χ3n) is 2.84. The third-order valence-corrected chi connectivity index (χ3v) is 3.94. The summed E-state index contributed by atoms with van der Waals surface area (Å²) in [6.07, 6.45) is 0.821. The highest BCUT2D eigenvalue weighted by atomic mass is 32.2. The first-order chi connectivity index (χ1) is 10.6. The Morgan fingerprint density at radius 2 is 2.00 bits per heavy atom. The van der Waals surface area contributed by atoms with Gasteiger partial charge in [-0.15, -0.1) is 0 Å². The number of amides is 1. The lowest BCUT2D eigenvalue weighted by Gasteiger charge is -2.08. The summed E-state index contributed by atoms with van der Waals surface area (Å²) in [7, 11) is 0. The van der Waals surface area contributed by atoms with Gasteiger partial charge in [0.05, 0.1) is 0 Å². The number of ether oxygens (including phenoxy) is 1. The van der Waals surface area contributed by atoms with Gasteiger partial charge in [-0.3, -0.25) is 4.79 Å². The lowest BCUT2D eigenvalue weighted by Crippen LogP contribution is -2.30. The third kappa shape index (κ3) is 8.53. The van der Waals surface area contributed by atoms with Gasteiger partial charge < -0.3 is 20.9 Å². The topological polar surface area (TPSA) is 102 Å². The van der Waals surface area contributed by atoms with E-state index in [4.69, 9.17) is 15.6 Å². The minimum absolute atomic E-state index is 0.258. The summed E-state index contributed by atoms with van der Waals surface area (Å²) in [5.41, 5.74) is 6.34. The van der Waals surface area contributed by atoms with Gasteiger partial charge in [-0.1, -0.05) is 30.3 Å². The SMILES string of the molecule is N[C@H](CCSCCCNC(=O)OCc1ccccc1)C(=O)O. The Labute approximate surface area is 134 Å². The second-order valence-electron chi connectivity index (χ2n) is 4.69. The summed E-state index contributed by atoms with van der Waals surface area (Å²) >= 11 is 1.63. The molecule has 1 rings (SSSR count). The fourth-order valence-corrected chi connectivity index (χ4v) is 2.55. The van der Waals surface area contributed by atoms with Gasteiger partial charge in [0, 0.05) is 6.54 Å². The molecule has 1 aromatic rings. The van der Waals surface area contributed by atoms with Crippen molar-refractivity contribution in [3.63, 3.8) is 0 Å². The number of rotatable bonds is 10. The van der Waals surface area contributed by atoms with Crippen molar-refractivity contribution < 1.29 is 19.4 Å². The Kier molecular flexibility index (Phi) is 9.09. The lowest BCUT2D eigenvalue weighted by molar-refractivity contribution is -0.138. The van der Waals surface area contributed by atoms with Crippen molar-refractivity contribution in [3.8, 4) is 0 Å². The molecule has 1 amide bonds. The molecule has 0 saturated heterocycles. The van der Waals surface area contributed by atoms with E-state index >= 15 is 0 Å². The summed E-state index contributed by atoms with van der Waals surface area (Å²) < 4.78 is 5.07. The minimum atomic E-state index is -0.969. The maximum Gasteiger partial charge on any atom is 0.407 e. The highest BCUT2D eigenvalue weighted by molar-refractivity contribution is 7.99. The van der Waals surface area contributed by atoms with Crippen LogP contribution < -0.4 is 11.1 Å². The van der Waals surface area contributed by atoms with Crippen LogP contribution in [0.15, 0.2) is 30.3 Å². The summed E-state index contributed by atoms with van der Waals surface area (Å²) in [6.45, 7) is 0.792. The van der Waals surface area contributed by atoms with Crippen LogP contribution in [0.5, 0.6) is 0 Å². The second-order valence-corrected chi connectivity index (χ2v) is 5.91. The van der Waals surface area contributed by atoms with E-state index in [0.29, 0.717) is 18.7 Å². The number of aliphatic carboxylic acids is 1. The Bertz CT molecular complexity index is 456. The van der Waals surface area contributed by atoms with Crippen LogP contribution in [-0.2, 0) is 16.1 Å². The van der Waals surface area contributed by atoms with E-state index in [9.17, 15) is 9.59 Å². The van der Waals surface area contributed by atoms with Crippen LogP contribution in [0.2, 0.25) is 0 Å². The van der Waals surface area contributed by atoms with Crippen LogP contribution in [0.1, 0.15) is 18.4 Å². The zero-order chi connectivity index (χ0) is 16.2. The number of benzene rings is 1. The number of carbonyl (C=O) groups excluding carboxylic acids is 1. The van der Waals surface area contributed by atoms with Crippen molar-refractivity contribution in [1.29, 1.82) is 0 Å². The van der Waals surface area contributed by atoms with E-state index in [1.54, 1.807) is 11.8 Å². The second kappa shape index (κ2) is 10.9. The molecule has 0 aliphatic heterocycles. The molecule has 0 heterocycles. The first-order valence-corrected chi connectivity index (χ1v) is 8.25. The fourth-order valence-electron chi connectivity index (χ4n) is 1.57. The van der Waals surface area contributed by atoms with Crippen LogP contribution in [0.3, 0.4) is 0 Å². The van der Waals surface area contributed by atoms with E-state index in [2.05, 4.69) is 5.32 Å². The van der Waals surface area contributed by atoms with Gasteiger partial charge >= 0.3 is 12.1 Å². The molecule has 0 fully saturated rings. The molecule has 4 N–H and O–H groups in total. The summed E-state index contributed by atoms with van der Waals surface area (Å²) in [6, 6.07) is 8.69. The van der Waals surface area contributed by atoms with Crippen LogP contribution >= 0.6 is 11.8 Å². The Hall–Kier alpha value is -1.73. The summed E-state index contributed by atoms with van der Waals surface area (Å²) in [5, 5.41) is 11.3. The highest BCUT2D eigenvalue weighted by Crippen LogP contribution is 2.06. The number of carboxylic acid groups (broad SMARTS) is 1. The molecule has 0 spiro atoms. The van der Waals surface area contributed by atoms with E-state index < -0.39 is 18.1 Å². The molecule has 1 aromatic carbocycles. The van der Waals surface area contributed by atoms with Crippen LogP contribution in [-0.4, -0.2) is 41.3 Å². The maximum atomic E-state index is 11.4. The van der Waals surface area contributed by atoms with Gasteiger partial charge in [-0.05, 0) is 29.9 Å². The molecular formula is C15H22N2O4S. The van der Waals surface area contributed by atoms with Crippen molar-refractivity contribution in [2.45, 2.75) is 25.5 Å². The van der Waals surface area contributed by atoms with E-state index in [1.165, 1.54) is 0 Å². The fraction of sp³-hybridized carbons (Fsp3) is 0.467. The zero-order valence-electron chi connectivity index (χ0n) is 12.4. The monoisotopic (exact) mass is 326 g/mol. The molecule has 0 aliphatic carbocycles. The number of thioether (sulfide) groups is 1. The van der Waals surface area contributed by atoms with Crippen LogP contribution in [0.25, 0.3) is 0 Å². The number of hydrogen-bond donors (Lipinski definition) is 3. The van der Waals surface area contributed by atoms with Crippen LogP contribution in [0.4, 0.5) is 4.79 Å². The number of nitrogens with two attached hydrogens (primary N) is 1. The van der Waals surface area contributed by atoms with E-state index in [0.717, 1.165) is 17.7 Å². The molecule has 6 nitrogen and oxygen atoms in total. The predicted octanol–water partition coefficient (Wildman–Crippen LogP) is 1.84. The van der Waals surface area contributed by atoms with Crippen molar-refractivity contribution >= 4 is 23.8 Å². The Morgan fingerprint density at radius 1 is 1.27 bits per heavy atom. The molecule has 0 aromatic heterocycles. The standard InChI is InChI=1S/C15H22N2O4S/c16-13(14(18)19)7-10-22-9-4-8-17-15(20)21-11-12-5-2-1-3-6-12/h1-3,5-6,13H,4,7-11,16H2,(H,17,20)(H,18,19)/t13-/m1/s1. The van der Waals surface area contributed by atoms with Crippen molar-refractivity contribution in [2.75, 3.05) is 18.1 Å². The number of carbonyl (C=O) groups is 2. The molecule has 0 saturated carbocycles. The molecule has 0 aliphatic rings. The number of hydrogen-bond acceptors (Lipinski definition) is 5. The first kappa shape index (κ1) is 18.3. The maximum absolute atomic E-state index is 11.4. The van der Waals surface area contributed by atoms with Gasteiger partial charge in [-0.2, -0.15) is 11.8 Å². The van der Waals surface area contributed by atoms with Gasteiger partial charge in [0.25, 0.3) is 0 Å². The molecule has 7 heteroatoms. The largest absolute Gasteiger partial charge is 0.480 e.